The summed E-state index contributed by atoms with van der Waals surface area (Å²) in [6, 6.07) is 10.5. The Balaban J connectivity index is 1.48. The number of rotatable bonds is 6. The first-order valence-electron chi connectivity index (χ1n) is 10.9. The maximum atomic E-state index is 12.9. The van der Waals surface area contributed by atoms with Gasteiger partial charge in [0, 0.05) is 12.6 Å². The monoisotopic (exact) mass is 437 g/mol. The molecule has 1 saturated heterocycles. The van der Waals surface area contributed by atoms with Gasteiger partial charge in [0.15, 0.2) is 0 Å². The van der Waals surface area contributed by atoms with Crippen molar-refractivity contribution < 1.29 is 9.59 Å². The molecule has 2 heterocycles. The normalized spacial score (nSPS) is 25.2. The highest BCUT2D eigenvalue weighted by atomic mass is 16.2. The van der Waals surface area contributed by atoms with Crippen LogP contribution in [0.5, 0.6) is 0 Å². The molecule has 1 aromatic carbocycles. The molecular formula is C23H31N7O2. The first kappa shape index (κ1) is 22.0. The number of aromatic nitrogens is 2. The SMILES string of the molecule is CN(CC(N)=O)c1ncc(N2C[C@]3(CC[C@@](c4ccccc4)(N(C)C)CC3)NC2=O)cn1. The number of carbonyl (C=O) groups excluding carboxylic acids is 2. The lowest BCUT2D eigenvalue weighted by Gasteiger charge is -2.48. The molecule has 3 amide bonds. The number of carbonyl (C=O) groups is 2. The number of benzene rings is 1. The molecule has 4 rings (SSSR count). The lowest BCUT2D eigenvalue weighted by atomic mass is 9.69. The zero-order valence-electron chi connectivity index (χ0n) is 18.9. The van der Waals surface area contributed by atoms with E-state index in [1.54, 1.807) is 29.2 Å². The zero-order chi connectivity index (χ0) is 22.9. The number of anilines is 2. The van der Waals surface area contributed by atoms with E-state index >= 15 is 0 Å². The first-order valence-corrected chi connectivity index (χ1v) is 10.9. The molecular weight excluding hydrogens is 406 g/mol. The van der Waals surface area contributed by atoms with Gasteiger partial charge in [0.2, 0.25) is 11.9 Å². The molecule has 0 bridgehead atoms. The number of nitrogens with two attached hydrogens (primary N) is 1. The van der Waals surface area contributed by atoms with Crippen LogP contribution in [-0.2, 0) is 10.3 Å². The highest BCUT2D eigenvalue weighted by Gasteiger charge is 2.50. The van der Waals surface area contributed by atoms with E-state index in [-0.39, 0.29) is 23.7 Å². The predicted octanol–water partition coefficient (Wildman–Crippen LogP) is 1.70. The molecule has 32 heavy (non-hydrogen) atoms. The van der Waals surface area contributed by atoms with Gasteiger partial charge in [-0.15, -0.1) is 0 Å². The van der Waals surface area contributed by atoms with Gasteiger partial charge < -0.3 is 16.0 Å². The van der Waals surface area contributed by atoms with Crippen LogP contribution < -0.4 is 20.9 Å². The summed E-state index contributed by atoms with van der Waals surface area (Å²) in [7, 11) is 5.97. The molecule has 2 aromatic rings. The number of likely N-dealkylation sites (N-methyl/N-ethyl adjacent to an activating group) is 1. The predicted molar refractivity (Wildman–Crippen MR) is 123 cm³/mol. The Labute approximate surface area is 188 Å². The fourth-order valence-electron chi connectivity index (χ4n) is 5.04. The second kappa shape index (κ2) is 8.38. The van der Waals surface area contributed by atoms with Crippen molar-refractivity contribution in [2.45, 2.75) is 36.8 Å². The minimum Gasteiger partial charge on any atom is -0.368 e. The van der Waals surface area contributed by atoms with Gasteiger partial charge in [-0.2, -0.15) is 0 Å². The molecule has 2 fully saturated rings. The van der Waals surface area contributed by atoms with Crippen molar-refractivity contribution in [3.63, 3.8) is 0 Å². The van der Waals surface area contributed by atoms with E-state index < -0.39 is 5.91 Å². The number of amides is 3. The maximum Gasteiger partial charge on any atom is 0.322 e. The smallest absolute Gasteiger partial charge is 0.322 e. The molecule has 1 aliphatic carbocycles. The number of primary amides is 1. The Morgan fingerprint density at radius 3 is 2.28 bits per heavy atom. The van der Waals surface area contributed by atoms with Crippen molar-refractivity contribution in [3.05, 3.63) is 48.3 Å². The molecule has 1 spiro atoms. The van der Waals surface area contributed by atoms with Crippen LogP contribution in [0.15, 0.2) is 42.7 Å². The third-order valence-corrected chi connectivity index (χ3v) is 6.95. The van der Waals surface area contributed by atoms with Gasteiger partial charge in [-0.1, -0.05) is 30.3 Å². The van der Waals surface area contributed by atoms with E-state index in [4.69, 9.17) is 5.73 Å². The average Bonchev–Trinajstić information content (AvgIpc) is 3.10. The lowest BCUT2D eigenvalue weighted by Crippen LogP contribution is -2.54. The molecule has 0 atom stereocenters. The Kier molecular flexibility index (Phi) is 5.77. The lowest BCUT2D eigenvalue weighted by molar-refractivity contribution is -0.116. The van der Waals surface area contributed by atoms with Crippen molar-refractivity contribution in [1.29, 1.82) is 0 Å². The Morgan fingerprint density at radius 1 is 1.09 bits per heavy atom. The van der Waals surface area contributed by atoms with Crippen LogP contribution in [0.25, 0.3) is 0 Å². The van der Waals surface area contributed by atoms with E-state index in [2.05, 4.69) is 58.5 Å². The minimum atomic E-state index is -0.456. The highest BCUT2D eigenvalue weighted by molar-refractivity contribution is 5.95. The van der Waals surface area contributed by atoms with Gasteiger partial charge in [-0.25, -0.2) is 14.8 Å². The summed E-state index contributed by atoms with van der Waals surface area (Å²) < 4.78 is 0. The minimum absolute atomic E-state index is 0.0274. The third-order valence-electron chi connectivity index (χ3n) is 6.95. The third kappa shape index (κ3) is 4.00. The van der Waals surface area contributed by atoms with Crippen molar-refractivity contribution in [3.8, 4) is 0 Å². The van der Waals surface area contributed by atoms with Gasteiger partial charge in [0.05, 0.1) is 36.7 Å². The summed E-state index contributed by atoms with van der Waals surface area (Å²) in [5.74, 6) is -0.0687. The molecule has 9 heteroatoms. The fourth-order valence-corrected chi connectivity index (χ4v) is 5.04. The second-order valence-electron chi connectivity index (χ2n) is 9.15. The number of nitrogens with zero attached hydrogens (tertiary/aromatic N) is 5. The average molecular weight is 438 g/mol. The van der Waals surface area contributed by atoms with Crippen molar-refractivity contribution in [1.82, 2.24) is 20.2 Å². The topological polar surface area (TPSA) is 108 Å². The Morgan fingerprint density at radius 2 is 1.72 bits per heavy atom. The van der Waals surface area contributed by atoms with Gasteiger partial charge in [0.1, 0.15) is 0 Å². The van der Waals surface area contributed by atoms with Crippen LogP contribution in [0.3, 0.4) is 0 Å². The standard InChI is InChI=1S/C23H31N7O2/c1-28(2)23(17-7-5-4-6-8-17)11-9-22(10-12-23)16-30(21(32)27-22)18-13-25-20(26-14-18)29(3)15-19(24)31/h4-8,13-14H,9-12,15-16H2,1-3H3,(H2,24,31)(H,27,32)/t22-,23-. The number of hydrogen-bond acceptors (Lipinski definition) is 6. The highest BCUT2D eigenvalue weighted by Crippen LogP contribution is 2.46. The molecule has 0 radical (unpaired) electrons. The van der Waals surface area contributed by atoms with Crippen LogP contribution >= 0.6 is 0 Å². The van der Waals surface area contributed by atoms with Gasteiger partial charge >= 0.3 is 6.03 Å². The summed E-state index contributed by atoms with van der Waals surface area (Å²) in [5.41, 5.74) is 6.91. The van der Waals surface area contributed by atoms with Crippen LogP contribution in [0.4, 0.5) is 16.4 Å². The second-order valence-corrected chi connectivity index (χ2v) is 9.15. The number of nitrogens with one attached hydrogen (secondary N) is 1. The van der Waals surface area contributed by atoms with Gasteiger partial charge in [0.25, 0.3) is 0 Å². The quantitative estimate of drug-likeness (QED) is 0.712. The van der Waals surface area contributed by atoms with Crippen LogP contribution in [0, 0.1) is 0 Å². The summed E-state index contributed by atoms with van der Waals surface area (Å²) >= 11 is 0. The Hall–Kier alpha value is -3.20. The van der Waals surface area contributed by atoms with Gasteiger partial charge in [-0.3, -0.25) is 14.6 Å². The van der Waals surface area contributed by atoms with Crippen molar-refractivity contribution in [2.75, 3.05) is 44.0 Å². The first-order chi connectivity index (χ1) is 15.2. The number of urea groups is 1. The molecule has 2 aliphatic rings. The van der Waals surface area contributed by atoms with E-state index in [0.717, 1.165) is 25.7 Å². The molecule has 9 nitrogen and oxygen atoms in total. The van der Waals surface area contributed by atoms with Crippen molar-refractivity contribution in [2.24, 2.45) is 5.73 Å². The van der Waals surface area contributed by atoms with E-state index in [1.165, 1.54) is 5.56 Å². The fraction of sp³-hybridized carbons (Fsp3) is 0.478. The van der Waals surface area contributed by atoms with Crippen LogP contribution in [0.1, 0.15) is 31.2 Å². The Bertz CT molecular complexity index is 970. The number of hydrogen-bond donors (Lipinski definition) is 2. The molecule has 170 valence electrons. The van der Waals surface area contributed by atoms with E-state index in [0.29, 0.717) is 18.2 Å². The maximum absolute atomic E-state index is 12.9. The molecule has 1 aliphatic heterocycles. The summed E-state index contributed by atoms with van der Waals surface area (Å²) in [6.07, 6.45) is 6.95. The van der Waals surface area contributed by atoms with E-state index in [1.807, 2.05) is 6.07 Å². The summed E-state index contributed by atoms with van der Waals surface area (Å²) in [5, 5.41) is 3.25. The van der Waals surface area contributed by atoms with Crippen LogP contribution in [0.2, 0.25) is 0 Å². The van der Waals surface area contributed by atoms with E-state index in [9.17, 15) is 9.59 Å². The zero-order valence-corrected chi connectivity index (χ0v) is 18.9. The molecule has 3 N–H and O–H groups in total. The summed E-state index contributed by atoms with van der Waals surface area (Å²) in [4.78, 5) is 38.2. The molecule has 1 saturated carbocycles. The largest absolute Gasteiger partial charge is 0.368 e. The molecule has 1 aromatic heterocycles. The van der Waals surface area contributed by atoms with Gasteiger partial charge in [-0.05, 0) is 45.3 Å². The summed E-state index contributed by atoms with van der Waals surface area (Å²) in [6.45, 7) is 0.617. The van der Waals surface area contributed by atoms with Crippen molar-refractivity contribution >= 4 is 23.6 Å². The van der Waals surface area contributed by atoms with Crippen LogP contribution in [-0.4, -0.2) is 66.6 Å². The molecule has 0 unspecified atom stereocenters.